The molecule has 1 aliphatic heterocycles. The van der Waals surface area contributed by atoms with Crippen molar-refractivity contribution in [1.29, 1.82) is 0 Å². The summed E-state index contributed by atoms with van der Waals surface area (Å²) in [5.74, 6) is -0.438. The van der Waals surface area contributed by atoms with E-state index < -0.39 is 5.41 Å². The van der Waals surface area contributed by atoms with E-state index in [-0.39, 0.29) is 17.8 Å². The molecule has 1 heterocycles. The number of nitrogens with two attached hydrogens (primary N) is 1. The van der Waals surface area contributed by atoms with Gasteiger partial charge in [-0.25, -0.2) is 0 Å². The number of nitrogens with zero attached hydrogens (tertiary/aromatic N) is 1. The Bertz CT molecular complexity index is 431. The molecule has 6 heteroatoms. The van der Waals surface area contributed by atoms with Crippen molar-refractivity contribution in [2.45, 2.75) is 44.9 Å². The third kappa shape index (κ3) is 3.20. The van der Waals surface area contributed by atoms with Crippen molar-refractivity contribution < 1.29 is 14.3 Å². The zero-order valence-corrected chi connectivity index (χ0v) is 13.4. The first-order chi connectivity index (χ1) is 10.0. The summed E-state index contributed by atoms with van der Waals surface area (Å²) in [6, 6.07) is 0. The molecule has 118 valence electrons. The van der Waals surface area contributed by atoms with Crippen molar-refractivity contribution in [1.82, 2.24) is 4.90 Å². The molecular weight excluding hydrogens is 288 g/mol. The SMILES string of the molecule is COC(=O)C1CCN(C(=O)C2(C(N)=S)CCCCCC2)C1. The summed E-state index contributed by atoms with van der Waals surface area (Å²) in [7, 11) is 1.38. The summed E-state index contributed by atoms with van der Waals surface area (Å²) >= 11 is 5.24. The molecule has 1 amide bonds. The maximum absolute atomic E-state index is 13.0. The molecule has 0 radical (unpaired) electrons. The van der Waals surface area contributed by atoms with Gasteiger partial charge >= 0.3 is 5.97 Å². The highest BCUT2D eigenvalue weighted by Crippen LogP contribution is 2.38. The molecule has 0 spiro atoms. The Kier molecular flexibility index (Phi) is 5.19. The zero-order chi connectivity index (χ0) is 15.5. The van der Waals surface area contributed by atoms with Crippen LogP contribution < -0.4 is 5.73 Å². The van der Waals surface area contributed by atoms with Gasteiger partial charge in [0.05, 0.1) is 23.4 Å². The van der Waals surface area contributed by atoms with Crippen LogP contribution in [0.5, 0.6) is 0 Å². The first kappa shape index (κ1) is 16.2. The van der Waals surface area contributed by atoms with E-state index in [2.05, 4.69) is 0 Å². The van der Waals surface area contributed by atoms with E-state index in [0.717, 1.165) is 38.5 Å². The molecule has 2 rings (SSSR count). The van der Waals surface area contributed by atoms with Gasteiger partial charge in [-0.15, -0.1) is 0 Å². The summed E-state index contributed by atoms with van der Waals surface area (Å²) in [5, 5.41) is 0. The number of carbonyl (C=O) groups excluding carboxylic acids is 2. The van der Waals surface area contributed by atoms with Crippen molar-refractivity contribution >= 4 is 29.1 Å². The Balaban J connectivity index is 2.12. The summed E-state index contributed by atoms with van der Waals surface area (Å²) in [5.41, 5.74) is 5.26. The van der Waals surface area contributed by atoms with Crippen molar-refractivity contribution in [3.05, 3.63) is 0 Å². The molecule has 0 aromatic rings. The van der Waals surface area contributed by atoms with E-state index in [1.165, 1.54) is 7.11 Å². The number of rotatable bonds is 3. The van der Waals surface area contributed by atoms with Crippen LogP contribution in [0.15, 0.2) is 0 Å². The van der Waals surface area contributed by atoms with Gasteiger partial charge in [0.25, 0.3) is 0 Å². The first-order valence-electron chi connectivity index (χ1n) is 7.68. The maximum atomic E-state index is 13.0. The van der Waals surface area contributed by atoms with Gasteiger partial charge in [0.1, 0.15) is 0 Å². The fourth-order valence-corrected chi connectivity index (χ4v) is 3.80. The highest BCUT2D eigenvalue weighted by atomic mass is 32.1. The Hall–Kier alpha value is -1.17. The Labute approximate surface area is 131 Å². The molecule has 1 atom stereocenters. The van der Waals surface area contributed by atoms with E-state index in [9.17, 15) is 9.59 Å². The minimum Gasteiger partial charge on any atom is -0.469 e. The van der Waals surface area contributed by atoms with Crippen LogP contribution in [0.1, 0.15) is 44.9 Å². The summed E-state index contributed by atoms with van der Waals surface area (Å²) < 4.78 is 4.77. The number of ether oxygens (including phenoxy) is 1. The number of amides is 1. The molecule has 1 unspecified atom stereocenters. The summed E-state index contributed by atoms with van der Waals surface area (Å²) in [6.07, 6.45) is 6.35. The van der Waals surface area contributed by atoms with Crippen molar-refractivity contribution in [3.8, 4) is 0 Å². The molecular formula is C15H24N2O3S. The second kappa shape index (κ2) is 6.73. The average molecular weight is 312 g/mol. The van der Waals surface area contributed by atoms with Gasteiger partial charge in [0.2, 0.25) is 5.91 Å². The molecule has 0 bridgehead atoms. The Morgan fingerprint density at radius 3 is 2.38 bits per heavy atom. The highest BCUT2D eigenvalue weighted by molar-refractivity contribution is 7.80. The fraction of sp³-hybridized carbons (Fsp3) is 0.800. The number of carbonyl (C=O) groups is 2. The van der Waals surface area contributed by atoms with Gasteiger partial charge in [-0.2, -0.15) is 0 Å². The van der Waals surface area contributed by atoms with Crippen molar-refractivity contribution in [2.24, 2.45) is 17.1 Å². The maximum Gasteiger partial charge on any atom is 0.310 e. The van der Waals surface area contributed by atoms with Crippen LogP contribution in [-0.4, -0.2) is 42.0 Å². The van der Waals surface area contributed by atoms with E-state index >= 15 is 0 Å². The molecule has 1 saturated heterocycles. The molecule has 2 aliphatic rings. The van der Waals surface area contributed by atoms with Crippen LogP contribution in [-0.2, 0) is 14.3 Å². The van der Waals surface area contributed by atoms with Gasteiger partial charge in [-0.05, 0) is 19.3 Å². The minimum absolute atomic E-state index is 0.0169. The number of hydrogen-bond donors (Lipinski definition) is 1. The van der Waals surface area contributed by atoms with Gasteiger partial charge in [-0.1, -0.05) is 37.9 Å². The van der Waals surface area contributed by atoms with Gasteiger partial charge in [-0.3, -0.25) is 9.59 Å². The van der Waals surface area contributed by atoms with E-state index in [0.29, 0.717) is 24.5 Å². The average Bonchev–Trinajstić information content (AvgIpc) is 2.83. The third-order valence-corrected chi connectivity index (χ3v) is 5.24. The molecule has 1 saturated carbocycles. The molecule has 2 fully saturated rings. The van der Waals surface area contributed by atoms with Crippen LogP contribution in [0.4, 0.5) is 0 Å². The topological polar surface area (TPSA) is 72.6 Å². The predicted octanol–water partition coefficient (Wildman–Crippen LogP) is 1.63. The van der Waals surface area contributed by atoms with Crippen molar-refractivity contribution in [3.63, 3.8) is 0 Å². The van der Waals surface area contributed by atoms with Crippen LogP contribution in [0.2, 0.25) is 0 Å². The lowest BCUT2D eigenvalue weighted by molar-refractivity contribution is -0.145. The highest BCUT2D eigenvalue weighted by Gasteiger charge is 2.46. The Morgan fingerprint density at radius 1 is 1.24 bits per heavy atom. The van der Waals surface area contributed by atoms with Gasteiger partial charge in [0.15, 0.2) is 0 Å². The molecule has 0 aromatic carbocycles. The summed E-state index contributed by atoms with van der Waals surface area (Å²) in [4.78, 5) is 26.7. The predicted molar refractivity (Wildman–Crippen MR) is 83.6 cm³/mol. The van der Waals surface area contributed by atoms with Gasteiger partial charge < -0.3 is 15.4 Å². The lowest BCUT2D eigenvalue weighted by Gasteiger charge is -2.34. The van der Waals surface area contributed by atoms with Crippen LogP contribution in [0.3, 0.4) is 0 Å². The zero-order valence-electron chi connectivity index (χ0n) is 12.6. The molecule has 5 nitrogen and oxygen atoms in total. The van der Waals surface area contributed by atoms with E-state index in [4.69, 9.17) is 22.7 Å². The molecule has 0 aromatic heterocycles. The van der Waals surface area contributed by atoms with E-state index in [1.54, 1.807) is 4.90 Å². The molecule has 2 N–H and O–H groups in total. The number of methoxy groups -OCH3 is 1. The lowest BCUT2D eigenvalue weighted by atomic mass is 9.79. The number of hydrogen-bond acceptors (Lipinski definition) is 4. The smallest absolute Gasteiger partial charge is 0.310 e. The van der Waals surface area contributed by atoms with E-state index in [1.807, 2.05) is 0 Å². The number of esters is 1. The third-order valence-electron chi connectivity index (χ3n) is 4.85. The van der Waals surface area contributed by atoms with Crippen LogP contribution in [0, 0.1) is 11.3 Å². The quantitative estimate of drug-likeness (QED) is 0.487. The number of thiocarbonyl (C=S) groups is 1. The Morgan fingerprint density at radius 2 is 1.86 bits per heavy atom. The standard InChI is InChI=1S/C15H24N2O3S/c1-20-12(18)11-6-9-17(10-11)14(19)15(13(16)21)7-4-2-3-5-8-15/h11H,2-10H2,1H3,(H2,16,21). The summed E-state index contributed by atoms with van der Waals surface area (Å²) in [6.45, 7) is 1.01. The minimum atomic E-state index is -0.698. The normalized spacial score (nSPS) is 25.2. The second-order valence-electron chi connectivity index (χ2n) is 6.12. The van der Waals surface area contributed by atoms with Gasteiger partial charge in [0, 0.05) is 13.1 Å². The molecule has 21 heavy (non-hydrogen) atoms. The van der Waals surface area contributed by atoms with Crippen molar-refractivity contribution in [2.75, 3.05) is 20.2 Å². The molecule has 1 aliphatic carbocycles. The second-order valence-corrected chi connectivity index (χ2v) is 6.56. The number of likely N-dealkylation sites (tertiary alicyclic amines) is 1. The van der Waals surface area contributed by atoms with Crippen LogP contribution in [0.25, 0.3) is 0 Å². The first-order valence-corrected chi connectivity index (χ1v) is 8.09. The fourth-order valence-electron chi connectivity index (χ4n) is 3.50. The largest absolute Gasteiger partial charge is 0.469 e. The lowest BCUT2D eigenvalue weighted by Crippen LogP contribution is -2.50. The monoisotopic (exact) mass is 312 g/mol. The van der Waals surface area contributed by atoms with Crippen LogP contribution >= 0.6 is 12.2 Å².